The molecule has 0 saturated heterocycles. The molecule has 1 nitrogen and oxygen atoms in total. The SMILES string of the molecule is COc1ccccc1CC(Cl)c1ccc(Br)s1. The number of methoxy groups -OCH3 is 1. The second-order valence-corrected chi connectivity index (χ2v) is 6.65. The van der Waals surface area contributed by atoms with Gasteiger partial charge in [0.25, 0.3) is 0 Å². The van der Waals surface area contributed by atoms with E-state index in [0.29, 0.717) is 0 Å². The molecule has 0 aliphatic heterocycles. The lowest BCUT2D eigenvalue weighted by Crippen LogP contribution is -1.96. The summed E-state index contributed by atoms with van der Waals surface area (Å²) in [6, 6.07) is 12.1. The fourth-order valence-corrected chi connectivity index (χ4v) is 3.44. The lowest BCUT2D eigenvalue weighted by Gasteiger charge is -2.11. The maximum absolute atomic E-state index is 6.42. The molecule has 4 heteroatoms. The predicted octanol–water partition coefficient (Wildman–Crippen LogP) is 5.04. The van der Waals surface area contributed by atoms with Gasteiger partial charge in [0, 0.05) is 4.88 Å². The summed E-state index contributed by atoms with van der Waals surface area (Å²) >= 11 is 11.5. The van der Waals surface area contributed by atoms with Crippen molar-refractivity contribution < 1.29 is 4.74 Å². The summed E-state index contributed by atoms with van der Waals surface area (Å²) in [5.74, 6) is 0.897. The molecule has 90 valence electrons. The Morgan fingerprint density at radius 1 is 1.29 bits per heavy atom. The highest BCUT2D eigenvalue weighted by Gasteiger charge is 2.13. The Balaban J connectivity index is 2.15. The van der Waals surface area contributed by atoms with Gasteiger partial charge in [0.05, 0.1) is 16.3 Å². The fourth-order valence-electron chi connectivity index (χ4n) is 1.66. The van der Waals surface area contributed by atoms with Crippen molar-refractivity contribution in [3.63, 3.8) is 0 Å². The highest BCUT2D eigenvalue weighted by atomic mass is 79.9. The van der Waals surface area contributed by atoms with Gasteiger partial charge in [-0.05, 0) is 46.1 Å². The highest BCUT2D eigenvalue weighted by molar-refractivity contribution is 9.11. The molecule has 1 aromatic heterocycles. The standard InChI is InChI=1S/C13H12BrClOS/c1-16-11-5-3-2-4-9(11)8-10(15)12-6-7-13(14)17-12/h2-7,10H,8H2,1H3. The normalized spacial score (nSPS) is 12.4. The van der Waals surface area contributed by atoms with Crippen molar-refractivity contribution in [3.05, 3.63) is 50.6 Å². The minimum atomic E-state index is -0.0115. The number of benzene rings is 1. The van der Waals surface area contributed by atoms with Gasteiger partial charge in [-0.3, -0.25) is 0 Å². The quantitative estimate of drug-likeness (QED) is 0.713. The van der Waals surface area contributed by atoms with E-state index in [-0.39, 0.29) is 5.38 Å². The summed E-state index contributed by atoms with van der Waals surface area (Å²) < 4.78 is 6.43. The summed E-state index contributed by atoms with van der Waals surface area (Å²) in [6.07, 6.45) is 0.776. The van der Waals surface area contributed by atoms with E-state index >= 15 is 0 Å². The van der Waals surface area contributed by atoms with Gasteiger partial charge in [0.2, 0.25) is 0 Å². The van der Waals surface area contributed by atoms with Crippen LogP contribution in [0.2, 0.25) is 0 Å². The predicted molar refractivity (Wildman–Crippen MR) is 77.3 cm³/mol. The Hall–Kier alpha value is -0.510. The smallest absolute Gasteiger partial charge is 0.122 e. The topological polar surface area (TPSA) is 9.23 Å². The number of rotatable bonds is 4. The molecule has 17 heavy (non-hydrogen) atoms. The zero-order valence-electron chi connectivity index (χ0n) is 9.32. The number of hydrogen-bond acceptors (Lipinski definition) is 2. The number of ether oxygens (including phenoxy) is 1. The van der Waals surface area contributed by atoms with Crippen LogP contribution in [0.15, 0.2) is 40.2 Å². The number of para-hydroxylation sites is 1. The zero-order valence-corrected chi connectivity index (χ0v) is 12.5. The Morgan fingerprint density at radius 2 is 2.06 bits per heavy atom. The van der Waals surface area contributed by atoms with Crippen molar-refractivity contribution in [1.82, 2.24) is 0 Å². The zero-order chi connectivity index (χ0) is 12.3. The van der Waals surface area contributed by atoms with Crippen molar-refractivity contribution in [2.75, 3.05) is 7.11 Å². The van der Waals surface area contributed by atoms with Gasteiger partial charge in [-0.25, -0.2) is 0 Å². The van der Waals surface area contributed by atoms with E-state index < -0.39 is 0 Å². The molecule has 0 N–H and O–H groups in total. The third kappa shape index (κ3) is 3.24. The average molecular weight is 332 g/mol. The molecule has 1 unspecified atom stereocenters. The van der Waals surface area contributed by atoms with Crippen LogP contribution in [0.25, 0.3) is 0 Å². The molecule has 0 saturated carbocycles. The van der Waals surface area contributed by atoms with Gasteiger partial charge >= 0.3 is 0 Å². The Labute approximate surface area is 119 Å². The van der Waals surface area contributed by atoms with E-state index in [2.05, 4.69) is 28.1 Å². The van der Waals surface area contributed by atoms with E-state index in [1.807, 2.05) is 24.3 Å². The molecule has 1 aromatic carbocycles. The summed E-state index contributed by atoms with van der Waals surface area (Å²) in [5.41, 5.74) is 1.14. The van der Waals surface area contributed by atoms with E-state index in [1.54, 1.807) is 18.4 Å². The minimum Gasteiger partial charge on any atom is -0.496 e. The minimum absolute atomic E-state index is 0.0115. The number of hydrogen-bond donors (Lipinski definition) is 0. The largest absolute Gasteiger partial charge is 0.496 e. The van der Waals surface area contributed by atoms with Gasteiger partial charge in [-0.15, -0.1) is 22.9 Å². The third-order valence-corrected chi connectivity index (χ3v) is 4.75. The van der Waals surface area contributed by atoms with Gasteiger partial charge < -0.3 is 4.74 Å². The van der Waals surface area contributed by atoms with Crippen molar-refractivity contribution >= 4 is 38.9 Å². The number of halogens is 2. The van der Waals surface area contributed by atoms with Crippen LogP contribution in [-0.4, -0.2) is 7.11 Å². The maximum atomic E-state index is 6.42. The molecule has 0 radical (unpaired) electrons. The molecule has 0 aliphatic carbocycles. The molecular formula is C13H12BrClOS. The highest BCUT2D eigenvalue weighted by Crippen LogP contribution is 2.34. The molecule has 2 aromatic rings. The van der Waals surface area contributed by atoms with Crippen LogP contribution in [0.5, 0.6) is 5.75 Å². The van der Waals surface area contributed by atoms with E-state index in [0.717, 1.165) is 21.5 Å². The van der Waals surface area contributed by atoms with Crippen LogP contribution >= 0.6 is 38.9 Å². The second kappa shape index (κ2) is 5.89. The molecule has 0 amide bonds. The Kier molecular flexibility index (Phi) is 4.48. The summed E-state index contributed by atoms with van der Waals surface area (Å²) in [7, 11) is 1.68. The molecule has 2 rings (SSSR count). The lowest BCUT2D eigenvalue weighted by molar-refractivity contribution is 0.409. The second-order valence-electron chi connectivity index (χ2n) is 3.63. The molecule has 0 spiro atoms. The first-order valence-corrected chi connectivity index (χ1v) is 7.26. The first-order valence-electron chi connectivity index (χ1n) is 5.22. The Bertz CT molecular complexity index is 498. The Morgan fingerprint density at radius 3 is 2.71 bits per heavy atom. The van der Waals surface area contributed by atoms with Crippen molar-refractivity contribution in [1.29, 1.82) is 0 Å². The molecule has 0 fully saturated rings. The fraction of sp³-hybridized carbons (Fsp3) is 0.231. The van der Waals surface area contributed by atoms with Crippen molar-refractivity contribution in [2.24, 2.45) is 0 Å². The average Bonchev–Trinajstić information content (AvgIpc) is 2.77. The van der Waals surface area contributed by atoms with Gasteiger partial charge in [0.15, 0.2) is 0 Å². The maximum Gasteiger partial charge on any atom is 0.122 e. The molecular weight excluding hydrogens is 320 g/mol. The van der Waals surface area contributed by atoms with Crippen LogP contribution in [0, 0.1) is 0 Å². The van der Waals surface area contributed by atoms with Crippen LogP contribution in [0.3, 0.4) is 0 Å². The van der Waals surface area contributed by atoms with Gasteiger partial charge in [0.1, 0.15) is 5.75 Å². The summed E-state index contributed by atoms with van der Waals surface area (Å²) in [5, 5.41) is -0.0115. The van der Waals surface area contributed by atoms with Crippen LogP contribution < -0.4 is 4.74 Å². The first kappa shape index (κ1) is 12.9. The first-order chi connectivity index (χ1) is 8.20. The lowest BCUT2D eigenvalue weighted by atomic mass is 10.1. The van der Waals surface area contributed by atoms with Gasteiger partial charge in [-0.1, -0.05) is 18.2 Å². The summed E-state index contributed by atoms with van der Waals surface area (Å²) in [6.45, 7) is 0. The van der Waals surface area contributed by atoms with Crippen molar-refractivity contribution in [2.45, 2.75) is 11.8 Å². The van der Waals surface area contributed by atoms with E-state index in [4.69, 9.17) is 16.3 Å². The van der Waals surface area contributed by atoms with E-state index in [1.165, 1.54) is 4.88 Å². The van der Waals surface area contributed by atoms with Crippen LogP contribution in [-0.2, 0) is 6.42 Å². The molecule has 0 aliphatic rings. The van der Waals surface area contributed by atoms with Crippen LogP contribution in [0.4, 0.5) is 0 Å². The number of alkyl halides is 1. The molecule has 0 bridgehead atoms. The summed E-state index contributed by atoms with van der Waals surface area (Å²) in [4.78, 5) is 1.17. The molecule has 1 atom stereocenters. The van der Waals surface area contributed by atoms with Gasteiger partial charge in [-0.2, -0.15) is 0 Å². The monoisotopic (exact) mass is 330 g/mol. The van der Waals surface area contributed by atoms with Crippen molar-refractivity contribution in [3.8, 4) is 5.75 Å². The third-order valence-electron chi connectivity index (χ3n) is 2.49. The van der Waals surface area contributed by atoms with E-state index in [9.17, 15) is 0 Å². The molecule has 1 heterocycles. The van der Waals surface area contributed by atoms with Crippen LogP contribution in [0.1, 0.15) is 15.8 Å². The number of thiophene rings is 1.